The standard InChI is InChI=1S/C22H23N5O2S2/c1-12-19(13(2)27(4)26-12)25-20(28)14(3)30-11-17-23-21(29)18-16(10-31-22(18)24-17)15-8-6-5-7-9-15/h5-10,14H,11H2,1-4H3,(H,25,28)(H,23,24,29). The molecule has 1 atom stereocenters. The van der Waals surface area contributed by atoms with E-state index in [-0.39, 0.29) is 16.7 Å². The number of nitrogens with zero attached hydrogens (tertiary/aromatic N) is 3. The highest BCUT2D eigenvalue weighted by Gasteiger charge is 2.19. The zero-order valence-corrected chi connectivity index (χ0v) is 19.4. The summed E-state index contributed by atoms with van der Waals surface area (Å²) in [7, 11) is 1.85. The molecule has 0 spiro atoms. The fourth-order valence-corrected chi connectivity index (χ4v) is 5.07. The van der Waals surface area contributed by atoms with Crippen LogP contribution in [0.25, 0.3) is 21.3 Å². The molecule has 9 heteroatoms. The zero-order chi connectivity index (χ0) is 22.1. The molecule has 0 radical (unpaired) electrons. The monoisotopic (exact) mass is 453 g/mol. The maximum atomic E-state index is 12.8. The number of carbonyl (C=O) groups is 1. The Morgan fingerprint density at radius 2 is 2.03 bits per heavy atom. The number of aromatic nitrogens is 4. The van der Waals surface area contributed by atoms with Gasteiger partial charge in [0.05, 0.1) is 33.5 Å². The number of hydrogen-bond acceptors (Lipinski definition) is 6. The van der Waals surface area contributed by atoms with Crippen LogP contribution in [-0.4, -0.2) is 30.9 Å². The van der Waals surface area contributed by atoms with Crippen molar-refractivity contribution >= 4 is 44.9 Å². The van der Waals surface area contributed by atoms with Gasteiger partial charge in [0.15, 0.2) is 0 Å². The Bertz CT molecular complexity index is 1310. The molecule has 160 valence electrons. The highest BCUT2D eigenvalue weighted by molar-refractivity contribution is 7.99. The van der Waals surface area contributed by atoms with Gasteiger partial charge in [-0.15, -0.1) is 23.1 Å². The summed E-state index contributed by atoms with van der Waals surface area (Å²) in [6.45, 7) is 5.63. The van der Waals surface area contributed by atoms with Gasteiger partial charge in [-0.25, -0.2) is 4.98 Å². The molecule has 7 nitrogen and oxygen atoms in total. The van der Waals surface area contributed by atoms with Crippen molar-refractivity contribution in [3.05, 3.63) is 63.3 Å². The number of hydrogen-bond donors (Lipinski definition) is 2. The van der Waals surface area contributed by atoms with Crippen molar-refractivity contribution in [1.29, 1.82) is 0 Å². The number of carbonyl (C=O) groups excluding carboxylic acids is 1. The maximum absolute atomic E-state index is 12.8. The van der Waals surface area contributed by atoms with Crippen molar-refractivity contribution in [2.24, 2.45) is 7.05 Å². The van der Waals surface area contributed by atoms with E-state index in [1.807, 2.05) is 63.5 Å². The van der Waals surface area contributed by atoms with E-state index in [9.17, 15) is 9.59 Å². The average molecular weight is 454 g/mol. The van der Waals surface area contributed by atoms with Crippen LogP contribution in [0.1, 0.15) is 24.1 Å². The highest BCUT2D eigenvalue weighted by Crippen LogP contribution is 2.31. The summed E-state index contributed by atoms with van der Waals surface area (Å²) in [5.41, 5.74) is 4.18. The number of H-pyrrole nitrogens is 1. The number of thiophene rings is 1. The lowest BCUT2D eigenvalue weighted by atomic mass is 10.1. The molecule has 4 aromatic rings. The lowest BCUT2D eigenvalue weighted by Crippen LogP contribution is -2.23. The van der Waals surface area contributed by atoms with Crippen LogP contribution in [0.15, 0.2) is 40.5 Å². The Labute approximate surface area is 187 Å². The first-order valence-electron chi connectivity index (χ1n) is 9.83. The molecular weight excluding hydrogens is 430 g/mol. The number of anilines is 1. The number of aryl methyl sites for hydroxylation is 2. The lowest BCUT2D eigenvalue weighted by Gasteiger charge is -2.12. The van der Waals surface area contributed by atoms with Gasteiger partial charge < -0.3 is 10.3 Å². The third kappa shape index (κ3) is 4.28. The molecule has 1 amide bonds. The van der Waals surface area contributed by atoms with E-state index in [0.29, 0.717) is 21.8 Å². The van der Waals surface area contributed by atoms with Gasteiger partial charge in [0, 0.05) is 18.0 Å². The van der Waals surface area contributed by atoms with Crippen molar-refractivity contribution < 1.29 is 4.79 Å². The van der Waals surface area contributed by atoms with E-state index < -0.39 is 0 Å². The molecule has 4 rings (SSSR count). The van der Waals surface area contributed by atoms with Gasteiger partial charge in [-0.3, -0.25) is 14.3 Å². The van der Waals surface area contributed by atoms with Crippen molar-refractivity contribution in [3.8, 4) is 11.1 Å². The molecule has 3 heterocycles. The van der Waals surface area contributed by atoms with Gasteiger partial charge in [0.2, 0.25) is 5.91 Å². The number of nitrogens with one attached hydrogen (secondary N) is 2. The molecule has 2 N–H and O–H groups in total. The molecule has 0 saturated carbocycles. The summed E-state index contributed by atoms with van der Waals surface area (Å²) in [4.78, 5) is 33.6. The highest BCUT2D eigenvalue weighted by atomic mass is 32.2. The maximum Gasteiger partial charge on any atom is 0.260 e. The van der Waals surface area contributed by atoms with E-state index in [4.69, 9.17) is 0 Å². The number of amides is 1. The van der Waals surface area contributed by atoms with Gasteiger partial charge >= 0.3 is 0 Å². The molecule has 1 aromatic carbocycles. The molecular formula is C22H23N5O2S2. The Kier molecular flexibility index (Phi) is 5.97. The summed E-state index contributed by atoms with van der Waals surface area (Å²) < 4.78 is 1.75. The second kappa shape index (κ2) is 8.68. The molecule has 0 bridgehead atoms. The normalized spacial score (nSPS) is 12.3. The first kappa shape index (κ1) is 21.3. The number of rotatable bonds is 6. The first-order valence-corrected chi connectivity index (χ1v) is 11.8. The van der Waals surface area contributed by atoms with Crippen molar-refractivity contribution in [2.75, 3.05) is 5.32 Å². The van der Waals surface area contributed by atoms with E-state index >= 15 is 0 Å². The van der Waals surface area contributed by atoms with E-state index in [0.717, 1.165) is 28.2 Å². The van der Waals surface area contributed by atoms with E-state index in [2.05, 4.69) is 20.4 Å². The Balaban J connectivity index is 1.48. The molecule has 3 aromatic heterocycles. The summed E-state index contributed by atoms with van der Waals surface area (Å²) in [6.07, 6.45) is 0. The summed E-state index contributed by atoms with van der Waals surface area (Å²) in [5, 5.41) is 9.55. The topological polar surface area (TPSA) is 92.7 Å². The van der Waals surface area contributed by atoms with Crippen LogP contribution >= 0.6 is 23.1 Å². The summed E-state index contributed by atoms with van der Waals surface area (Å²) in [5.74, 6) is 0.899. The summed E-state index contributed by atoms with van der Waals surface area (Å²) in [6, 6.07) is 9.82. The Morgan fingerprint density at radius 3 is 2.71 bits per heavy atom. The third-order valence-corrected chi connectivity index (χ3v) is 7.20. The van der Waals surface area contributed by atoms with Gasteiger partial charge in [-0.1, -0.05) is 30.3 Å². The average Bonchev–Trinajstić information content (AvgIpc) is 3.29. The fourth-order valence-electron chi connectivity index (χ4n) is 3.35. The van der Waals surface area contributed by atoms with Crippen molar-refractivity contribution in [2.45, 2.75) is 31.8 Å². The number of fused-ring (bicyclic) bond motifs is 1. The number of thioether (sulfide) groups is 1. The van der Waals surface area contributed by atoms with E-state index in [1.165, 1.54) is 23.1 Å². The van der Waals surface area contributed by atoms with Crippen LogP contribution < -0.4 is 10.9 Å². The van der Waals surface area contributed by atoms with Crippen LogP contribution in [0.2, 0.25) is 0 Å². The minimum atomic E-state index is -0.316. The minimum absolute atomic E-state index is 0.102. The van der Waals surface area contributed by atoms with Crippen molar-refractivity contribution in [3.63, 3.8) is 0 Å². The molecule has 0 aliphatic heterocycles. The molecule has 0 aliphatic carbocycles. The SMILES string of the molecule is Cc1nn(C)c(C)c1NC(=O)C(C)SCc1nc2scc(-c3ccccc3)c2c(=O)[nH]1. The molecule has 0 fully saturated rings. The number of benzene rings is 1. The molecule has 31 heavy (non-hydrogen) atoms. The smallest absolute Gasteiger partial charge is 0.260 e. The van der Waals surface area contributed by atoms with Crippen LogP contribution in [0.5, 0.6) is 0 Å². The van der Waals surface area contributed by atoms with E-state index in [1.54, 1.807) is 4.68 Å². The lowest BCUT2D eigenvalue weighted by molar-refractivity contribution is -0.115. The molecule has 0 aliphatic rings. The van der Waals surface area contributed by atoms with Crippen molar-refractivity contribution in [1.82, 2.24) is 19.7 Å². The van der Waals surface area contributed by atoms with Crippen LogP contribution in [0.3, 0.4) is 0 Å². The minimum Gasteiger partial charge on any atom is -0.322 e. The zero-order valence-electron chi connectivity index (χ0n) is 17.7. The fraction of sp³-hybridized carbons (Fsp3) is 0.273. The third-order valence-electron chi connectivity index (χ3n) is 5.17. The molecule has 0 saturated heterocycles. The largest absolute Gasteiger partial charge is 0.322 e. The second-order valence-corrected chi connectivity index (χ2v) is 9.51. The predicted molar refractivity (Wildman–Crippen MR) is 128 cm³/mol. The van der Waals surface area contributed by atoms with Gasteiger partial charge in [0.25, 0.3) is 5.56 Å². The van der Waals surface area contributed by atoms with Crippen LogP contribution in [-0.2, 0) is 17.6 Å². The van der Waals surface area contributed by atoms with Gasteiger partial charge in [-0.05, 0) is 26.3 Å². The van der Waals surface area contributed by atoms with Crippen LogP contribution in [0.4, 0.5) is 5.69 Å². The summed E-state index contributed by atoms with van der Waals surface area (Å²) >= 11 is 2.88. The quantitative estimate of drug-likeness (QED) is 0.455. The van der Waals surface area contributed by atoms with Crippen LogP contribution in [0, 0.1) is 13.8 Å². The Morgan fingerprint density at radius 1 is 1.29 bits per heavy atom. The first-order chi connectivity index (χ1) is 14.8. The number of aromatic amines is 1. The van der Waals surface area contributed by atoms with Gasteiger partial charge in [0.1, 0.15) is 10.7 Å². The predicted octanol–water partition coefficient (Wildman–Crippen LogP) is 4.26. The van der Waals surface area contributed by atoms with Gasteiger partial charge in [-0.2, -0.15) is 5.10 Å². The molecule has 1 unspecified atom stereocenters. The Hall–Kier alpha value is -2.91. The second-order valence-electron chi connectivity index (χ2n) is 7.32.